The molecule has 0 bridgehead atoms. The highest BCUT2D eigenvalue weighted by Crippen LogP contribution is 2.32. The third-order valence-corrected chi connectivity index (χ3v) is 3.92. The summed E-state index contributed by atoms with van der Waals surface area (Å²) in [5.41, 5.74) is 5.87. The topological polar surface area (TPSA) is 55.1 Å². The van der Waals surface area contributed by atoms with Gasteiger partial charge < -0.3 is 11.1 Å². The van der Waals surface area contributed by atoms with Crippen LogP contribution >= 0.6 is 0 Å². The maximum Gasteiger partial charge on any atom is 0.222 e. The van der Waals surface area contributed by atoms with Crippen molar-refractivity contribution in [2.24, 2.45) is 11.7 Å². The molecule has 2 unspecified atom stereocenters. The van der Waals surface area contributed by atoms with Crippen LogP contribution < -0.4 is 11.1 Å². The van der Waals surface area contributed by atoms with Gasteiger partial charge in [0.1, 0.15) is 0 Å². The van der Waals surface area contributed by atoms with Crippen LogP contribution in [0.1, 0.15) is 51.9 Å². The zero-order chi connectivity index (χ0) is 10.9. The van der Waals surface area contributed by atoms with Crippen molar-refractivity contribution < 1.29 is 4.79 Å². The highest BCUT2D eigenvalue weighted by molar-refractivity contribution is 5.77. The molecule has 0 saturated heterocycles. The van der Waals surface area contributed by atoms with E-state index in [9.17, 15) is 4.79 Å². The summed E-state index contributed by atoms with van der Waals surface area (Å²) in [7, 11) is 0. The molecule has 3 heteroatoms. The Morgan fingerprint density at radius 1 is 1.47 bits per heavy atom. The van der Waals surface area contributed by atoms with E-state index in [-0.39, 0.29) is 11.4 Å². The van der Waals surface area contributed by atoms with Crippen LogP contribution in [0.25, 0.3) is 0 Å². The average molecular weight is 210 g/mol. The molecule has 0 aromatic carbocycles. The Hall–Kier alpha value is -0.570. The first kappa shape index (κ1) is 10.9. The van der Waals surface area contributed by atoms with Crippen LogP contribution in [0.15, 0.2) is 0 Å². The van der Waals surface area contributed by atoms with Crippen molar-refractivity contribution in [2.45, 2.75) is 63.5 Å². The average Bonchev–Trinajstić information content (AvgIpc) is 2.48. The lowest BCUT2D eigenvalue weighted by atomic mass is 9.75. The van der Waals surface area contributed by atoms with E-state index in [0.717, 1.165) is 31.6 Å². The fourth-order valence-electron chi connectivity index (χ4n) is 2.74. The van der Waals surface area contributed by atoms with Gasteiger partial charge in [-0.15, -0.1) is 0 Å². The molecule has 0 radical (unpaired) electrons. The molecule has 0 aromatic rings. The maximum absolute atomic E-state index is 11.7. The van der Waals surface area contributed by atoms with E-state index in [1.54, 1.807) is 0 Å². The number of rotatable bonds is 3. The summed E-state index contributed by atoms with van der Waals surface area (Å²) in [6.07, 6.45) is 7.28. The number of hydrogen-bond acceptors (Lipinski definition) is 2. The van der Waals surface area contributed by atoms with E-state index in [1.807, 2.05) is 0 Å². The number of carbonyl (C=O) groups excluding carboxylic acids is 1. The lowest BCUT2D eigenvalue weighted by molar-refractivity contribution is -0.123. The summed E-state index contributed by atoms with van der Waals surface area (Å²) < 4.78 is 0. The number of amides is 1. The van der Waals surface area contributed by atoms with Crippen LogP contribution in [-0.4, -0.2) is 17.5 Å². The van der Waals surface area contributed by atoms with Crippen molar-refractivity contribution in [3.05, 3.63) is 0 Å². The zero-order valence-electron chi connectivity index (χ0n) is 9.59. The van der Waals surface area contributed by atoms with Gasteiger partial charge in [0.15, 0.2) is 0 Å². The van der Waals surface area contributed by atoms with Gasteiger partial charge in [-0.1, -0.05) is 6.92 Å². The monoisotopic (exact) mass is 210 g/mol. The van der Waals surface area contributed by atoms with Gasteiger partial charge in [0, 0.05) is 18.0 Å². The SMILES string of the molecule is CC1CCC(NC(=O)CC2(N)CCC2)C1. The predicted octanol–water partition coefficient (Wildman–Crippen LogP) is 1.56. The first-order valence-corrected chi connectivity index (χ1v) is 6.16. The molecule has 0 aromatic heterocycles. The molecule has 2 fully saturated rings. The van der Waals surface area contributed by atoms with Crippen LogP contribution in [0.2, 0.25) is 0 Å². The van der Waals surface area contributed by atoms with Gasteiger partial charge in [-0.25, -0.2) is 0 Å². The Morgan fingerprint density at radius 3 is 2.67 bits per heavy atom. The number of nitrogens with one attached hydrogen (secondary N) is 1. The van der Waals surface area contributed by atoms with Crippen molar-refractivity contribution in [1.29, 1.82) is 0 Å². The highest BCUT2D eigenvalue weighted by atomic mass is 16.1. The molecular formula is C12H22N2O. The fraction of sp³-hybridized carbons (Fsp3) is 0.917. The van der Waals surface area contributed by atoms with Crippen molar-refractivity contribution in [3.63, 3.8) is 0 Å². The summed E-state index contributed by atoms with van der Waals surface area (Å²) in [6, 6.07) is 0.413. The minimum absolute atomic E-state index is 0.163. The standard InChI is InChI=1S/C12H22N2O/c1-9-3-4-10(7-9)14-11(15)8-12(13)5-2-6-12/h9-10H,2-8,13H2,1H3,(H,14,15). The van der Waals surface area contributed by atoms with E-state index in [2.05, 4.69) is 12.2 Å². The van der Waals surface area contributed by atoms with E-state index in [4.69, 9.17) is 5.73 Å². The van der Waals surface area contributed by atoms with Crippen LogP contribution in [0.4, 0.5) is 0 Å². The van der Waals surface area contributed by atoms with Gasteiger partial charge in [0.25, 0.3) is 0 Å². The molecule has 15 heavy (non-hydrogen) atoms. The number of nitrogens with two attached hydrogens (primary N) is 1. The van der Waals surface area contributed by atoms with Gasteiger partial charge in [-0.05, 0) is 44.4 Å². The van der Waals surface area contributed by atoms with Gasteiger partial charge >= 0.3 is 0 Å². The predicted molar refractivity (Wildman–Crippen MR) is 60.3 cm³/mol. The molecule has 3 N–H and O–H groups in total. The first-order chi connectivity index (χ1) is 7.07. The molecule has 2 aliphatic carbocycles. The summed E-state index contributed by atoms with van der Waals surface area (Å²) in [4.78, 5) is 11.7. The molecule has 2 saturated carbocycles. The Morgan fingerprint density at radius 2 is 2.20 bits per heavy atom. The molecule has 2 atom stereocenters. The van der Waals surface area contributed by atoms with E-state index in [0.29, 0.717) is 12.5 Å². The summed E-state index contributed by atoms with van der Waals surface area (Å²) >= 11 is 0. The van der Waals surface area contributed by atoms with Crippen LogP contribution in [0.3, 0.4) is 0 Å². The largest absolute Gasteiger partial charge is 0.353 e. The highest BCUT2D eigenvalue weighted by Gasteiger charge is 2.35. The quantitative estimate of drug-likeness (QED) is 0.742. The molecule has 0 spiro atoms. The Kier molecular flexibility index (Phi) is 3.01. The molecule has 0 heterocycles. The third-order valence-electron chi connectivity index (χ3n) is 3.92. The van der Waals surface area contributed by atoms with Crippen molar-refractivity contribution in [3.8, 4) is 0 Å². The van der Waals surface area contributed by atoms with Gasteiger partial charge in [-0.2, -0.15) is 0 Å². The van der Waals surface area contributed by atoms with Gasteiger partial charge in [0.05, 0.1) is 0 Å². The second-order valence-electron chi connectivity index (χ2n) is 5.58. The van der Waals surface area contributed by atoms with Crippen LogP contribution in [0.5, 0.6) is 0 Å². The lowest BCUT2D eigenvalue weighted by Gasteiger charge is -2.37. The number of carbonyl (C=O) groups is 1. The van der Waals surface area contributed by atoms with Crippen molar-refractivity contribution >= 4 is 5.91 Å². The maximum atomic E-state index is 11.7. The molecule has 2 aliphatic rings. The normalized spacial score (nSPS) is 33.5. The van der Waals surface area contributed by atoms with Gasteiger partial charge in [0.2, 0.25) is 5.91 Å². The Labute approximate surface area is 91.8 Å². The summed E-state index contributed by atoms with van der Waals surface area (Å²) in [5.74, 6) is 0.933. The third kappa shape index (κ3) is 2.71. The second-order valence-corrected chi connectivity index (χ2v) is 5.58. The second kappa shape index (κ2) is 4.12. The van der Waals surface area contributed by atoms with Crippen LogP contribution in [-0.2, 0) is 4.79 Å². The molecule has 1 amide bonds. The van der Waals surface area contributed by atoms with E-state index in [1.165, 1.54) is 12.8 Å². The molecule has 2 rings (SSSR count). The first-order valence-electron chi connectivity index (χ1n) is 6.16. The fourth-order valence-corrected chi connectivity index (χ4v) is 2.74. The molecular weight excluding hydrogens is 188 g/mol. The molecule has 0 aliphatic heterocycles. The van der Waals surface area contributed by atoms with Gasteiger partial charge in [-0.3, -0.25) is 4.79 Å². The Balaban J connectivity index is 1.72. The minimum atomic E-state index is -0.172. The molecule has 86 valence electrons. The number of hydrogen-bond donors (Lipinski definition) is 2. The van der Waals surface area contributed by atoms with E-state index >= 15 is 0 Å². The van der Waals surface area contributed by atoms with Crippen LogP contribution in [0, 0.1) is 5.92 Å². The zero-order valence-corrected chi connectivity index (χ0v) is 9.59. The molecule has 3 nitrogen and oxygen atoms in total. The lowest BCUT2D eigenvalue weighted by Crippen LogP contribution is -2.50. The smallest absolute Gasteiger partial charge is 0.222 e. The van der Waals surface area contributed by atoms with Crippen molar-refractivity contribution in [2.75, 3.05) is 0 Å². The van der Waals surface area contributed by atoms with E-state index < -0.39 is 0 Å². The summed E-state index contributed by atoms with van der Waals surface area (Å²) in [6.45, 7) is 2.25. The minimum Gasteiger partial charge on any atom is -0.353 e. The Bertz CT molecular complexity index is 248. The van der Waals surface area contributed by atoms with Crippen molar-refractivity contribution in [1.82, 2.24) is 5.32 Å². The summed E-state index contributed by atoms with van der Waals surface area (Å²) in [5, 5.41) is 3.11.